The van der Waals surface area contributed by atoms with Gasteiger partial charge in [0.2, 0.25) is 5.88 Å². The van der Waals surface area contributed by atoms with E-state index in [4.69, 9.17) is 9.47 Å². The monoisotopic (exact) mass is 341 g/mol. The number of amides is 2. The normalized spacial score (nSPS) is 16.6. The van der Waals surface area contributed by atoms with Crippen molar-refractivity contribution in [3.63, 3.8) is 0 Å². The molecule has 1 saturated heterocycles. The minimum Gasteiger partial charge on any atom is -0.497 e. The summed E-state index contributed by atoms with van der Waals surface area (Å²) in [5, 5.41) is 2.95. The predicted molar refractivity (Wildman–Crippen MR) is 94.8 cm³/mol. The summed E-state index contributed by atoms with van der Waals surface area (Å²) in [6, 6.07) is 13.3. The van der Waals surface area contributed by atoms with Gasteiger partial charge in [-0.2, -0.15) is 0 Å². The fourth-order valence-electron chi connectivity index (χ4n) is 2.80. The van der Waals surface area contributed by atoms with Gasteiger partial charge in [0.05, 0.1) is 13.7 Å². The van der Waals surface area contributed by atoms with Crippen molar-refractivity contribution in [2.75, 3.05) is 20.2 Å². The summed E-state index contributed by atoms with van der Waals surface area (Å²) in [5.74, 6) is 1.42. The second-order valence-corrected chi connectivity index (χ2v) is 6.10. The highest BCUT2D eigenvalue weighted by Crippen LogP contribution is 2.17. The number of nitrogens with one attached hydrogen (secondary N) is 1. The number of benzene rings is 1. The van der Waals surface area contributed by atoms with Crippen molar-refractivity contribution in [1.82, 2.24) is 15.2 Å². The van der Waals surface area contributed by atoms with Crippen LogP contribution in [0.4, 0.5) is 4.79 Å². The van der Waals surface area contributed by atoms with Crippen molar-refractivity contribution in [2.45, 2.75) is 26.0 Å². The lowest BCUT2D eigenvalue weighted by atomic mass is 10.2. The molecule has 1 aromatic carbocycles. The Morgan fingerprint density at radius 1 is 1.28 bits per heavy atom. The molecule has 0 spiro atoms. The number of aromatic nitrogens is 1. The first-order valence-corrected chi connectivity index (χ1v) is 8.40. The molecule has 1 unspecified atom stereocenters. The first-order chi connectivity index (χ1) is 12.1. The fourth-order valence-corrected chi connectivity index (χ4v) is 2.80. The maximum absolute atomic E-state index is 12.3. The third-order valence-electron chi connectivity index (χ3n) is 4.19. The number of nitrogens with zero attached hydrogens (tertiary/aromatic N) is 2. The van der Waals surface area contributed by atoms with Crippen LogP contribution in [0.5, 0.6) is 11.6 Å². The van der Waals surface area contributed by atoms with Crippen LogP contribution < -0.4 is 14.8 Å². The zero-order valence-electron chi connectivity index (χ0n) is 14.6. The Kier molecular flexibility index (Phi) is 5.38. The fraction of sp³-hybridized carbons (Fsp3) is 0.368. The Bertz CT molecular complexity index is 718. The summed E-state index contributed by atoms with van der Waals surface area (Å²) in [5.41, 5.74) is 1.95. The molecule has 0 bridgehead atoms. The van der Waals surface area contributed by atoms with Gasteiger partial charge in [-0.05, 0) is 30.7 Å². The molecule has 1 fully saturated rings. The lowest BCUT2D eigenvalue weighted by molar-refractivity contribution is 0.183. The van der Waals surface area contributed by atoms with Gasteiger partial charge in [-0.25, -0.2) is 9.78 Å². The molecule has 0 aliphatic carbocycles. The summed E-state index contributed by atoms with van der Waals surface area (Å²) in [6.07, 6.45) is 0.798. The number of carbonyl (C=O) groups excluding carboxylic acids is 1. The highest BCUT2D eigenvalue weighted by molar-refractivity contribution is 5.74. The predicted octanol–water partition coefficient (Wildman–Crippen LogP) is 2.76. The van der Waals surface area contributed by atoms with Gasteiger partial charge in [0.15, 0.2) is 0 Å². The van der Waals surface area contributed by atoms with Crippen molar-refractivity contribution in [3.05, 3.63) is 53.7 Å². The Balaban J connectivity index is 1.47. The van der Waals surface area contributed by atoms with Crippen molar-refractivity contribution in [2.24, 2.45) is 0 Å². The van der Waals surface area contributed by atoms with Crippen LogP contribution in [0.15, 0.2) is 42.5 Å². The lowest BCUT2D eigenvalue weighted by Gasteiger charge is -2.18. The number of aryl methyl sites for hydroxylation is 1. The minimum absolute atomic E-state index is 0.0129. The van der Waals surface area contributed by atoms with Crippen LogP contribution in [0.2, 0.25) is 0 Å². The molecule has 2 amide bonds. The molecule has 132 valence electrons. The van der Waals surface area contributed by atoms with E-state index in [1.54, 1.807) is 12.0 Å². The van der Waals surface area contributed by atoms with Gasteiger partial charge in [0.1, 0.15) is 11.9 Å². The highest BCUT2D eigenvalue weighted by Gasteiger charge is 2.27. The molecule has 0 saturated carbocycles. The average Bonchev–Trinajstić information content (AvgIpc) is 3.08. The molecule has 1 aliphatic rings. The van der Waals surface area contributed by atoms with E-state index in [2.05, 4.69) is 10.3 Å². The first kappa shape index (κ1) is 17.1. The van der Waals surface area contributed by atoms with Crippen LogP contribution in [-0.4, -0.2) is 42.2 Å². The van der Waals surface area contributed by atoms with Gasteiger partial charge in [-0.15, -0.1) is 0 Å². The van der Waals surface area contributed by atoms with Crippen LogP contribution in [0.25, 0.3) is 0 Å². The standard InChI is InChI=1S/C19H23N3O3/c1-14-4-3-5-18(21-14)25-17-10-11-22(13-17)19(23)20-12-15-6-8-16(24-2)9-7-15/h3-9,17H,10-13H2,1-2H3,(H,20,23). The Morgan fingerprint density at radius 3 is 2.80 bits per heavy atom. The maximum atomic E-state index is 12.3. The molecule has 2 aromatic rings. The van der Waals surface area contributed by atoms with E-state index in [9.17, 15) is 4.79 Å². The second kappa shape index (κ2) is 7.88. The van der Waals surface area contributed by atoms with Crippen molar-refractivity contribution < 1.29 is 14.3 Å². The lowest BCUT2D eigenvalue weighted by Crippen LogP contribution is -2.39. The van der Waals surface area contributed by atoms with Crippen LogP contribution in [0.1, 0.15) is 17.7 Å². The van der Waals surface area contributed by atoms with E-state index in [1.807, 2.05) is 49.4 Å². The SMILES string of the molecule is COc1ccc(CNC(=O)N2CCC(Oc3cccc(C)n3)C2)cc1. The summed E-state index contributed by atoms with van der Waals surface area (Å²) in [4.78, 5) is 18.4. The van der Waals surface area contributed by atoms with E-state index in [0.29, 0.717) is 25.5 Å². The quantitative estimate of drug-likeness (QED) is 0.908. The molecule has 6 nitrogen and oxygen atoms in total. The number of pyridine rings is 1. The number of hydrogen-bond donors (Lipinski definition) is 1. The topological polar surface area (TPSA) is 63.7 Å². The molecule has 25 heavy (non-hydrogen) atoms. The van der Waals surface area contributed by atoms with Gasteiger partial charge < -0.3 is 19.7 Å². The zero-order chi connectivity index (χ0) is 17.6. The van der Waals surface area contributed by atoms with E-state index in [-0.39, 0.29) is 12.1 Å². The van der Waals surface area contributed by atoms with Gasteiger partial charge in [-0.1, -0.05) is 18.2 Å². The Morgan fingerprint density at radius 2 is 2.08 bits per heavy atom. The molecule has 1 atom stereocenters. The number of carbonyl (C=O) groups is 1. The van der Waals surface area contributed by atoms with E-state index >= 15 is 0 Å². The van der Waals surface area contributed by atoms with Crippen LogP contribution in [0, 0.1) is 6.92 Å². The molecule has 3 rings (SSSR count). The molecule has 1 aromatic heterocycles. The zero-order valence-corrected chi connectivity index (χ0v) is 14.6. The molecule has 1 N–H and O–H groups in total. The molecule has 6 heteroatoms. The molecule has 2 heterocycles. The number of likely N-dealkylation sites (tertiary alicyclic amines) is 1. The van der Waals surface area contributed by atoms with Gasteiger partial charge in [0, 0.05) is 31.3 Å². The van der Waals surface area contributed by atoms with Gasteiger partial charge in [-0.3, -0.25) is 0 Å². The van der Waals surface area contributed by atoms with E-state index < -0.39 is 0 Å². The summed E-state index contributed by atoms with van der Waals surface area (Å²) >= 11 is 0. The first-order valence-electron chi connectivity index (χ1n) is 8.40. The third-order valence-corrected chi connectivity index (χ3v) is 4.19. The number of methoxy groups -OCH3 is 1. The Hall–Kier alpha value is -2.76. The van der Waals surface area contributed by atoms with Crippen LogP contribution >= 0.6 is 0 Å². The van der Waals surface area contributed by atoms with Crippen molar-refractivity contribution in [1.29, 1.82) is 0 Å². The number of hydrogen-bond acceptors (Lipinski definition) is 4. The number of urea groups is 1. The highest BCUT2D eigenvalue weighted by atomic mass is 16.5. The molecule has 1 aliphatic heterocycles. The summed E-state index contributed by atoms with van der Waals surface area (Å²) in [6.45, 7) is 3.68. The molecule has 0 radical (unpaired) electrons. The van der Waals surface area contributed by atoms with Crippen molar-refractivity contribution in [3.8, 4) is 11.6 Å². The van der Waals surface area contributed by atoms with E-state index in [1.165, 1.54) is 0 Å². The largest absolute Gasteiger partial charge is 0.497 e. The molecular weight excluding hydrogens is 318 g/mol. The van der Waals surface area contributed by atoms with Crippen LogP contribution in [0.3, 0.4) is 0 Å². The van der Waals surface area contributed by atoms with Crippen molar-refractivity contribution >= 4 is 6.03 Å². The Labute approximate surface area is 147 Å². The number of ether oxygens (including phenoxy) is 2. The maximum Gasteiger partial charge on any atom is 0.317 e. The second-order valence-electron chi connectivity index (χ2n) is 6.10. The summed E-state index contributed by atoms with van der Waals surface area (Å²) < 4.78 is 11.0. The van der Waals surface area contributed by atoms with Gasteiger partial charge in [0.25, 0.3) is 0 Å². The van der Waals surface area contributed by atoms with E-state index in [0.717, 1.165) is 23.4 Å². The van der Waals surface area contributed by atoms with Gasteiger partial charge >= 0.3 is 6.03 Å². The number of rotatable bonds is 5. The molecular formula is C19H23N3O3. The average molecular weight is 341 g/mol. The van der Waals surface area contributed by atoms with Crippen LogP contribution in [-0.2, 0) is 6.54 Å². The minimum atomic E-state index is -0.0703. The summed E-state index contributed by atoms with van der Waals surface area (Å²) in [7, 11) is 1.63. The third kappa shape index (κ3) is 4.62. The smallest absolute Gasteiger partial charge is 0.317 e.